The van der Waals surface area contributed by atoms with E-state index in [1.54, 1.807) is 6.33 Å². The van der Waals surface area contributed by atoms with Gasteiger partial charge in [-0.15, -0.1) is 0 Å². The highest BCUT2D eigenvalue weighted by molar-refractivity contribution is 6.51. The van der Waals surface area contributed by atoms with Gasteiger partial charge in [0.15, 0.2) is 11.5 Å². The van der Waals surface area contributed by atoms with Crippen molar-refractivity contribution in [2.45, 2.75) is 0 Å². The van der Waals surface area contributed by atoms with E-state index >= 15 is 0 Å². The number of aliphatic imine (C=N–C) groups is 1. The molecule has 20 heavy (non-hydrogen) atoms. The predicted octanol–water partition coefficient (Wildman–Crippen LogP) is 1.28. The molecule has 0 unspecified atom stereocenters. The number of nitrogens with zero attached hydrogens (tertiary/aromatic N) is 5. The lowest BCUT2D eigenvalue weighted by Crippen LogP contribution is -2.41. The summed E-state index contributed by atoms with van der Waals surface area (Å²) in [5, 5.41) is 12.7. The Kier molecular flexibility index (Phi) is 2.20. The minimum absolute atomic E-state index is 0.437. The first kappa shape index (κ1) is 11.2. The van der Waals surface area contributed by atoms with Crippen LogP contribution < -0.4 is 4.90 Å². The van der Waals surface area contributed by atoms with E-state index in [1.807, 2.05) is 41.9 Å². The normalized spacial score (nSPS) is 17.1. The van der Waals surface area contributed by atoms with Gasteiger partial charge in [-0.1, -0.05) is 30.3 Å². The first-order valence-electron chi connectivity index (χ1n) is 6.50. The molecule has 1 aromatic carbocycles. The quantitative estimate of drug-likeness (QED) is 0.577. The third kappa shape index (κ3) is 1.36. The predicted molar refractivity (Wildman–Crippen MR) is 76.7 cm³/mol. The summed E-state index contributed by atoms with van der Waals surface area (Å²) in [5.74, 6) is 1.99. The highest BCUT2D eigenvalue weighted by Gasteiger charge is 2.39. The van der Waals surface area contributed by atoms with Crippen LogP contribution in [0.25, 0.3) is 0 Å². The van der Waals surface area contributed by atoms with Crippen LogP contribution >= 0.6 is 0 Å². The smallest absolute Gasteiger partial charge is 0.370 e. The van der Waals surface area contributed by atoms with Gasteiger partial charge in [0.25, 0.3) is 0 Å². The maximum atomic E-state index is 12.7. The Hall–Kier alpha value is -2.63. The van der Waals surface area contributed by atoms with Gasteiger partial charge in [0.05, 0.1) is 6.54 Å². The van der Waals surface area contributed by atoms with Gasteiger partial charge in [0.1, 0.15) is 0 Å². The van der Waals surface area contributed by atoms with E-state index in [2.05, 4.69) is 14.9 Å². The fraction of sp³-hybridized carbons (Fsp3) is 0.214. The van der Waals surface area contributed by atoms with Crippen molar-refractivity contribution in [2.24, 2.45) is 12.0 Å². The zero-order valence-corrected chi connectivity index (χ0v) is 11.0. The fourth-order valence-corrected chi connectivity index (χ4v) is 2.76. The van der Waals surface area contributed by atoms with Crippen LogP contribution in [0.1, 0.15) is 5.56 Å². The van der Waals surface area contributed by atoms with Gasteiger partial charge in [-0.25, -0.2) is 4.74 Å². The second-order valence-corrected chi connectivity index (χ2v) is 4.87. The van der Waals surface area contributed by atoms with Gasteiger partial charge < -0.3 is 10.1 Å². The molecule has 100 valence electrons. The van der Waals surface area contributed by atoms with Crippen LogP contribution in [0.3, 0.4) is 0 Å². The average Bonchev–Trinajstić information content (AvgIpc) is 3.07. The molecule has 3 heterocycles. The van der Waals surface area contributed by atoms with Gasteiger partial charge in [-0.3, -0.25) is 9.56 Å². The molecule has 0 amide bonds. The SMILES string of the molecule is Cn1cnc2c1N1CCN=C1C(c1ccccc1)=[N+]2[O-]. The summed E-state index contributed by atoms with van der Waals surface area (Å²) in [6.07, 6.45) is 1.67. The summed E-state index contributed by atoms with van der Waals surface area (Å²) in [6.45, 7) is 1.48. The second kappa shape index (κ2) is 3.93. The Morgan fingerprint density at radius 3 is 2.85 bits per heavy atom. The minimum Gasteiger partial charge on any atom is -0.710 e. The number of benzene rings is 1. The summed E-state index contributed by atoms with van der Waals surface area (Å²) < 4.78 is 2.76. The average molecular weight is 267 g/mol. The second-order valence-electron chi connectivity index (χ2n) is 4.87. The summed E-state index contributed by atoms with van der Waals surface area (Å²) in [4.78, 5) is 10.8. The molecule has 0 N–H and O–H groups in total. The van der Waals surface area contributed by atoms with Crippen LogP contribution in [0, 0.1) is 5.21 Å². The first-order chi connectivity index (χ1) is 9.77. The molecule has 0 radical (unpaired) electrons. The van der Waals surface area contributed by atoms with E-state index < -0.39 is 0 Å². The molecule has 2 aromatic rings. The van der Waals surface area contributed by atoms with E-state index in [-0.39, 0.29) is 0 Å². The summed E-state index contributed by atoms with van der Waals surface area (Å²) in [6, 6.07) is 9.62. The molecule has 0 fully saturated rings. The monoisotopic (exact) mass is 267 g/mol. The van der Waals surface area contributed by atoms with Crippen molar-refractivity contribution >= 4 is 23.2 Å². The summed E-state index contributed by atoms with van der Waals surface area (Å²) in [5.41, 5.74) is 1.44. The number of aryl methyl sites for hydroxylation is 1. The van der Waals surface area contributed by atoms with E-state index in [1.165, 1.54) is 0 Å². The van der Waals surface area contributed by atoms with Gasteiger partial charge >= 0.3 is 5.82 Å². The molecule has 6 nitrogen and oxygen atoms in total. The molecule has 6 heteroatoms. The number of rotatable bonds is 1. The number of anilines is 1. The Bertz CT molecular complexity index is 744. The van der Waals surface area contributed by atoms with Crippen LogP contribution in [-0.4, -0.2) is 38.9 Å². The third-order valence-corrected chi connectivity index (χ3v) is 3.64. The summed E-state index contributed by atoms with van der Waals surface area (Å²) in [7, 11) is 1.89. The number of hydrogen-bond donors (Lipinski definition) is 0. The summed E-state index contributed by atoms with van der Waals surface area (Å²) >= 11 is 0. The first-order valence-corrected chi connectivity index (χ1v) is 6.50. The van der Waals surface area contributed by atoms with E-state index in [0.717, 1.165) is 28.5 Å². The molecule has 2 aliphatic heterocycles. The standard InChI is InChI=1S/C14H13N5O/c1-17-9-16-13-14(17)18-8-7-15-12(18)11(19(13)20)10-5-3-2-4-6-10/h2-6,9H,7-8H2,1H3. The van der Waals surface area contributed by atoms with Crippen LogP contribution in [0.5, 0.6) is 0 Å². The van der Waals surface area contributed by atoms with Gasteiger partial charge in [-0.05, 0) is 4.98 Å². The molecular weight excluding hydrogens is 254 g/mol. The molecular formula is C14H13N5O. The molecule has 1 aromatic heterocycles. The Morgan fingerprint density at radius 1 is 1.25 bits per heavy atom. The van der Waals surface area contributed by atoms with Crippen molar-refractivity contribution in [3.63, 3.8) is 0 Å². The van der Waals surface area contributed by atoms with Crippen LogP contribution in [0.15, 0.2) is 41.7 Å². The molecule has 0 atom stereocenters. The lowest BCUT2D eigenvalue weighted by atomic mass is 10.1. The number of hydrogen-bond acceptors (Lipinski definition) is 4. The molecule has 0 bridgehead atoms. The maximum absolute atomic E-state index is 12.7. The van der Waals surface area contributed by atoms with Crippen molar-refractivity contribution in [3.8, 4) is 0 Å². The molecule has 0 aliphatic carbocycles. The van der Waals surface area contributed by atoms with Crippen LogP contribution in [0.4, 0.5) is 11.6 Å². The van der Waals surface area contributed by atoms with E-state index in [9.17, 15) is 5.21 Å². The van der Waals surface area contributed by atoms with E-state index in [4.69, 9.17) is 0 Å². The number of fused-ring (bicyclic) bond motifs is 3. The molecule has 2 aliphatic rings. The van der Waals surface area contributed by atoms with Crippen molar-refractivity contribution in [3.05, 3.63) is 47.4 Å². The number of aromatic nitrogens is 2. The zero-order valence-electron chi connectivity index (χ0n) is 11.0. The third-order valence-electron chi connectivity index (χ3n) is 3.64. The van der Waals surface area contributed by atoms with E-state index in [0.29, 0.717) is 18.1 Å². The number of amidine groups is 1. The van der Waals surface area contributed by atoms with Gasteiger partial charge in [-0.2, -0.15) is 0 Å². The van der Waals surface area contributed by atoms with Gasteiger partial charge in [0.2, 0.25) is 12.1 Å². The molecule has 0 saturated carbocycles. The Morgan fingerprint density at radius 2 is 2.05 bits per heavy atom. The molecule has 0 spiro atoms. The lowest BCUT2D eigenvalue weighted by Gasteiger charge is -2.27. The number of imidazole rings is 1. The van der Waals surface area contributed by atoms with Crippen molar-refractivity contribution in [1.29, 1.82) is 0 Å². The largest absolute Gasteiger partial charge is 0.710 e. The van der Waals surface area contributed by atoms with Crippen LogP contribution in [0.2, 0.25) is 0 Å². The fourth-order valence-electron chi connectivity index (χ4n) is 2.76. The zero-order chi connectivity index (χ0) is 13.7. The Balaban J connectivity index is 2.01. The maximum Gasteiger partial charge on any atom is 0.370 e. The topological polar surface area (TPSA) is 59.5 Å². The lowest BCUT2D eigenvalue weighted by molar-refractivity contribution is -0.362. The highest BCUT2D eigenvalue weighted by atomic mass is 16.5. The Labute approximate surface area is 115 Å². The highest BCUT2D eigenvalue weighted by Crippen LogP contribution is 2.33. The van der Waals surface area contributed by atoms with Crippen LogP contribution in [-0.2, 0) is 7.05 Å². The van der Waals surface area contributed by atoms with Crippen molar-refractivity contribution in [1.82, 2.24) is 9.55 Å². The molecule has 0 saturated heterocycles. The van der Waals surface area contributed by atoms with Crippen molar-refractivity contribution in [2.75, 3.05) is 18.0 Å². The minimum atomic E-state index is 0.437. The van der Waals surface area contributed by atoms with Crippen molar-refractivity contribution < 1.29 is 4.74 Å². The molecule has 4 rings (SSSR count). The van der Waals surface area contributed by atoms with Gasteiger partial charge in [0, 0.05) is 19.2 Å².